The van der Waals surface area contributed by atoms with Crippen molar-refractivity contribution in [1.82, 2.24) is 0 Å². The first-order valence-corrected chi connectivity index (χ1v) is 5.39. The van der Waals surface area contributed by atoms with Crippen molar-refractivity contribution in [2.24, 2.45) is 11.7 Å². The minimum absolute atomic E-state index is 0.250. The van der Waals surface area contributed by atoms with Gasteiger partial charge in [-0.15, -0.1) is 0 Å². The molecule has 0 aliphatic heterocycles. The van der Waals surface area contributed by atoms with Gasteiger partial charge in [0.15, 0.2) is 0 Å². The number of hydrogen-bond acceptors (Lipinski definition) is 2. The van der Waals surface area contributed by atoms with Crippen molar-refractivity contribution in [2.45, 2.75) is 59.1 Å². The minimum atomic E-state index is 0.250. The first-order valence-electron chi connectivity index (χ1n) is 5.39. The average molecular weight is 187 g/mol. The zero-order chi connectivity index (χ0) is 10.3. The first kappa shape index (κ1) is 12.9. The Kier molecular flexibility index (Phi) is 7.29. The lowest BCUT2D eigenvalue weighted by Gasteiger charge is -2.15. The zero-order valence-electron chi connectivity index (χ0n) is 9.55. The van der Waals surface area contributed by atoms with Gasteiger partial charge < -0.3 is 10.5 Å². The Bertz CT molecular complexity index is 113. The van der Waals surface area contributed by atoms with E-state index >= 15 is 0 Å². The highest BCUT2D eigenvalue weighted by molar-refractivity contribution is 4.59. The smallest absolute Gasteiger partial charge is 0.0561 e. The maximum absolute atomic E-state index is 5.67. The lowest BCUT2D eigenvalue weighted by molar-refractivity contribution is 0.0530. The second-order valence-electron chi connectivity index (χ2n) is 4.43. The van der Waals surface area contributed by atoms with E-state index in [2.05, 4.69) is 20.8 Å². The molecule has 0 aromatic heterocycles. The maximum Gasteiger partial charge on any atom is 0.0561 e. The van der Waals surface area contributed by atoms with Crippen LogP contribution in [0.2, 0.25) is 0 Å². The van der Waals surface area contributed by atoms with Gasteiger partial charge in [0, 0.05) is 12.6 Å². The summed E-state index contributed by atoms with van der Waals surface area (Å²) in [5.74, 6) is 0.785. The highest BCUT2D eigenvalue weighted by Gasteiger charge is 2.04. The van der Waals surface area contributed by atoms with E-state index in [-0.39, 0.29) is 6.04 Å². The third-order valence-electron chi connectivity index (χ3n) is 2.03. The molecule has 80 valence electrons. The molecule has 2 N–H and O–H groups in total. The molecular weight excluding hydrogens is 162 g/mol. The Labute approximate surface area is 82.8 Å². The lowest BCUT2D eigenvalue weighted by Crippen LogP contribution is -2.23. The fourth-order valence-corrected chi connectivity index (χ4v) is 1.37. The molecule has 2 unspecified atom stereocenters. The molecule has 0 spiro atoms. The number of nitrogens with two attached hydrogens (primary N) is 1. The predicted octanol–water partition coefficient (Wildman–Crippen LogP) is 2.57. The number of hydrogen-bond donors (Lipinski definition) is 1. The Hall–Kier alpha value is -0.0800. The van der Waals surface area contributed by atoms with Gasteiger partial charge in [0.1, 0.15) is 0 Å². The van der Waals surface area contributed by atoms with E-state index in [1.165, 1.54) is 12.8 Å². The second-order valence-corrected chi connectivity index (χ2v) is 4.43. The molecule has 0 heterocycles. The van der Waals surface area contributed by atoms with Gasteiger partial charge in [-0.2, -0.15) is 0 Å². The summed E-state index contributed by atoms with van der Waals surface area (Å²) in [5, 5.41) is 0. The summed E-state index contributed by atoms with van der Waals surface area (Å²) in [7, 11) is 0. The van der Waals surface area contributed by atoms with Gasteiger partial charge in [-0.25, -0.2) is 0 Å². The molecule has 0 bridgehead atoms. The van der Waals surface area contributed by atoms with Gasteiger partial charge in [0.25, 0.3) is 0 Å². The topological polar surface area (TPSA) is 35.2 Å². The molecule has 0 fully saturated rings. The molecule has 0 aliphatic carbocycles. The summed E-state index contributed by atoms with van der Waals surface area (Å²) in [4.78, 5) is 0. The predicted molar refractivity (Wildman–Crippen MR) is 57.8 cm³/mol. The molecule has 13 heavy (non-hydrogen) atoms. The highest BCUT2D eigenvalue weighted by Crippen LogP contribution is 2.06. The van der Waals surface area contributed by atoms with Crippen molar-refractivity contribution >= 4 is 0 Å². The van der Waals surface area contributed by atoms with E-state index in [4.69, 9.17) is 10.5 Å². The van der Waals surface area contributed by atoms with Crippen LogP contribution in [-0.2, 0) is 4.74 Å². The monoisotopic (exact) mass is 187 g/mol. The van der Waals surface area contributed by atoms with Crippen molar-refractivity contribution in [2.75, 3.05) is 6.61 Å². The van der Waals surface area contributed by atoms with E-state index < -0.39 is 0 Å². The molecule has 0 aromatic carbocycles. The van der Waals surface area contributed by atoms with Gasteiger partial charge in [-0.3, -0.25) is 0 Å². The quantitative estimate of drug-likeness (QED) is 0.622. The Morgan fingerprint density at radius 1 is 1.15 bits per heavy atom. The van der Waals surface area contributed by atoms with Gasteiger partial charge in [0.2, 0.25) is 0 Å². The summed E-state index contributed by atoms with van der Waals surface area (Å²) in [6.07, 6.45) is 3.69. The summed E-state index contributed by atoms with van der Waals surface area (Å²) in [6, 6.07) is 0.250. The summed E-state index contributed by atoms with van der Waals surface area (Å²) in [6.45, 7) is 9.48. The van der Waals surface area contributed by atoms with Crippen LogP contribution in [0.3, 0.4) is 0 Å². The van der Waals surface area contributed by atoms with Crippen molar-refractivity contribution in [3.8, 4) is 0 Å². The molecule has 0 rings (SSSR count). The number of rotatable bonds is 7. The van der Waals surface area contributed by atoms with Gasteiger partial charge in [0.05, 0.1) is 6.10 Å². The molecular formula is C11H25NO. The molecule has 0 amide bonds. The van der Waals surface area contributed by atoms with Crippen LogP contribution >= 0.6 is 0 Å². The molecule has 2 heteroatoms. The number of ether oxygens (including phenoxy) is 1. The van der Waals surface area contributed by atoms with Crippen molar-refractivity contribution in [3.63, 3.8) is 0 Å². The van der Waals surface area contributed by atoms with Crippen LogP contribution in [0.15, 0.2) is 0 Å². The van der Waals surface area contributed by atoms with Crippen LogP contribution in [-0.4, -0.2) is 18.8 Å². The largest absolute Gasteiger partial charge is 0.378 e. The van der Waals surface area contributed by atoms with Gasteiger partial charge in [-0.05, 0) is 39.0 Å². The summed E-state index contributed by atoms with van der Waals surface area (Å²) in [5.41, 5.74) is 5.67. The van der Waals surface area contributed by atoms with Crippen LogP contribution in [0.4, 0.5) is 0 Å². The first-order chi connectivity index (χ1) is 6.02. The van der Waals surface area contributed by atoms with Crippen LogP contribution in [0, 0.1) is 5.92 Å². The van der Waals surface area contributed by atoms with Crippen molar-refractivity contribution < 1.29 is 4.74 Å². The summed E-state index contributed by atoms with van der Waals surface area (Å²) < 4.78 is 5.62. The maximum atomic E-state index is 5.67. The average Bonchev–Trinajstić information content (AvgIpc) is 1.96. The summed E-state index contributed by atoms with van der Waals surface area (Å²) >= 11 is 0. The van der Waals surface area contributed by atoms with E-state index in [1.54, 1.807) is 0 Å². The second kappa shape index (κ2) is 7.34. The molecule has 0 saturated carbocycles. The minimum Gasteiger partial charge on any atom is -0.378 e. The standard InChI is InChI=1S/C11H25NO/c1-9(2)6-5-7-13-11(4)8-10(3)12/h9-11H,5-8,12H2,1-4H3. The fourth-order valence-electron chi connectivity index (χ4n) is 1.37. The van der Waals surface area contributed by atoms with Crippen LogP contribution in [0.5, 0.6) is 0 Å². The molecule has 2 nitrogen and oxygen atoms in total. The van der Waals surface area contributed by atoms with Crippen molar-refractivity contribution in [1.29, 1.82) is 0 Å². The van der Waals surface area contributed by atoms with E-state index in [0.29, 0.717) is 6.10 Å². The van der Waals surface area contributed by atoms with E-state index in [1.807, 2.05) is 6.92 Å². The third kappa shape index (κ3) is 9.84. The van der Waals surface area contributed by atoms with Crippen LogP contribution in [0.1, 0.15) is 47.0 Å². The van der Waals surface area contributed by atoms with Crippen LogP contribution in [0.25, 0.3) is 0 Å². The zero-order valence-corrected chi connectivity index (χ0v) is 9.55. The Morgan fingerprint density at radius 2 is 1.77 bits per heavy atom. The van der Waals surface area contributed by atoms with Crippen LogP contribution < -0.4 is 5.73 Å². The molecule has 0 aliphatic rings. The SMILES string of the molecule is CC(C)CCCOC(C)CC(C)N. The molecule has 0 aromatic rings. The lowest BCUT2D eigenvalue weighted by atomic mass is 10.1. The van der Waals surface area contributed by atoms with Gasteiger partial charge >= 0.3 is 0 Å². The van der Waals surface area contributed by atoms with Crippen molar-refractivity contribution in [3.05, 3.63) is 0 Å². The fraction of sp³-hybridized carbons (Fsp3) is 1.00. The highest BCUT2D eigenvalue weighted by atomic mass is 16.5. The molecule has 0 radical (unpaired) electrons. The normalized spacial score (nSPS) is 16.2. The van der Waals surface area contributed by atoms with E-state index in [9.17, 15) is 0 Å². The Morgan fingerprint density at radius 3 is 2.23 bits per heavy atom. The molecule has 0 saturated heterocycles. The van der Waals surface area contributed by atoms with Gasteiger partial charge in [-0.1, -0.05) is 13.8 Å². The third-order valence-corrected chi connectivity index (χ3v) is 2.03. The Balaban J connectivity index is 3.22. The molecule has 2 atom stereocenters. The van der Waals surface area contributed by atoms with E-state index in [0.717, 1.165) is 18.9 Å².